The largest absolute Gasteiger partial charge is 0.541 e. The van der Waals surface area contributed by atoms with Gasteiger partial charge in [0.25, 0.3) is 9.04 Å². The van der Waals surface area contributed by atoms with E-state index >= 15 is 0 Å². The van der Waals surface area contributed by atoms with Crippen LogP contribution in [0.3, 0.4) is 0 Å². The Hall–Kier alpha value is -1.89. The summed E-state index contributed by atoms with van der Waals surface area (Å²) in [6.45, 7) is 4.11. The Balaban J connectivity index is 2.29. The summed E-state index contributed by atoms with van der Waals surface area (Å²) in [6, 6.07) is 5.48. The van der Waals surface area contributed by atoms with Gasteiger partial charge in [-0.2, -0.15) is 5.21 Å². The number of hydrogen-bond acceptors (Lipinski definition) is 5. The number of benzene rings is 1. The van der Waals surface area contributed by atoms with E-state index in [0.717, 1.165) is 5.56 Å². The molecule has 0 amide bonds. The van der Waals surface area contributed by atoms with Crippen LogP contribution in [0.2, 0.25) is 13.1 Å². The van der Waals surface area contributed by atoms with Gasteiger partial charge in [-0.1, -0.05) is 0 Å². The number of aromatic amines is 1. The monoisotopic (exact) mass is 234 g/mol. The van der Waals surface area contributed by atoms with Crippen molar-refractivity contribution >= 4 is 14.7 Å². The highest BCUT2D eigenvalue weighted by atomic mass is 28.3. The Kier molecular flexibility index (Phi) is 2.86. The van der Waals surface area contributed by atoms with Gasteiger partial charge in [0.05, 0.1) is 5.69 Å². The molecule has 1 radical (unpaired) electrons. The van der Waals surface area contributed by atoms with Crippen LogP contribution in [0, 0.1) is 0 Å². The van der Waals surface area contributed by atoms with Crippen LogP contribution in [-0.2, 0) is 0 Å². The van der Waals surface area contributed by atoms with Crippen molar-refractivity contribution in [2.75, 3.05) is 5.73 Å². The number of hydrogen-bond donors (Lipinski definition) is 2. The quantitative estimate of drug-likeness (QED) is 0.612. The standard InChI is InChI=1S/C9H12N5OSi/c1-16(2)15-8-4-3-6(5-7(8)10)9-11-13-14-12-9/h3-5H,10H2,1-2H3,(H,11,12,13,14). The summed E-state index contributed by atoms with van der Waals surface area (Å²) >= 11 is 0. The lowest BCUT2D eigenvalue weighted by Crippen LogP contribution is -2.12. The van der Waals surface area contributed by atoms with Crippen LogP contribution in [-0.4, -0.2) is 29.7 Å². The van der Waals surface area contributed by atoms with Crippen LogP contribution in [0.15, 0.2) is 18.2 Å². The van der Waals surface area contributed by atoms with Crippen molar-refractivity contribution in [3.63, 3.8) is 0 Å². The summed E-state index contributed by atoms with van der Waals surface area (Å²) in [5.41, 5.74) is 7.29. The first-order valence-corrected chi connectivity index (χ1v) is 7.19. The highest BCUT2D eigenvalue weighted by Gasteiger charge is 2.08. The van der Waals surface area contributed by atoms with E-state index < -0.39 is 9.04 Å². The predicted molar refractivity (Wildman–Crippen MR) is 62.1 cm³/mol. The predicted octanol–water partition coefficient (Wildman–Crippen LogP) is 1.08. The van der Waals surface area contributed by atoms with Gasteiger partial charge >= 0.3 is 0 Å². The smallest absolute Gasteiger partial charge is 0.274 e. The molecule has 83 valence electrons. The van der Waals surface area contributed by atoms with Crippen LogP contribution >= 0.6 is 0 Å². The van der Waals surface area contributed by atoms with Gasteiger partial charge in [-0.3, -0.25) is 0 Å². The summed E-state index contributed by atoms with van der Waals surface area (Å²) < 4.78 is 5.63. The van der Waals surface area contributed by atoms with Crippen LogP contribution in [0.1, 0.15) is 0 Å². The second-order valence-corrected chi connectivity index (χ2v) is 5.52. The average Bonchev–Trinajstić information content (AvgIpc) is 2.73. The minimum absolute atomic E-state index is 0.525. The van der Waals surface area contributed by atoms with Crippen molar-refractivity contribution in [3.8, 4) is 17.1 Å². The molecule has 2 rings (SSSR count). The van der Waals surface area contributed by atoms with Gasteiger partial charge in [0, 0.05) is 5.56 Å². The third-order valence-corrected chi connectivity index (χ3v) is 2.56. The van der Waals surface area contributed by atoms with Crippen LogP contribution < -0.4 is 10.2 Å². The maximum Gasteiger partial charge on any atom is 0.274 e. The molecule has 0 saturated carbocycles. The molecule has 0 atom stereocenters. The van der Waals surface area contributed by atoms with E-state index in [-0.39, 0.29) is 0 Å². The summed E-state index contributed by atoms with van der Waals surface area (Å²) in [7, 11) is -0.805. The first-order chi connectivity index (χ1) is 7.66. The minimum Gasteiger partial charge on any atom is -0.541 e. The molecule has 0 aliphatic rings. The van der Waals surface area contributed by atoms with Crippen molar-refractivity contribution in [1.29, 1.82) is 0 Å². The third-order valence-electron chi connectivity index (χ3n) is 1.93. The van der Waals surface area contributed by atoms with E-state index in [1.165, 1.54) is 0 Å². The van der Waals surface area contributed by atoms with E-state index in [4.69, 9.17) is 10.2 Å². The van der Waals surface area contributed by atoms with Crippen LogP contribution in [0.5, 0.6) is 5.75 Å². The fraction of sp³-hybridized carbons (Fsp3) is 0.222. The Morgan fingerprint density at radius 1 is 1.38 bits per heavy atom. The normalized spacial score (nSPS) is 10.7. The highest BCUT2D eigenvalue weighted by molar-refractivity contribution is 6.49. The zero-order valence-electron chi connectivity index (χ0n) is 9.06. The number of tetrazole rings is 1. The summed E-state index contributed by atoms with van der Waals surface area (Å²) in [6.07, 6.45) is 0. The molecule has 0 fully saturated rings. The lowest BCUT2D eigenvalue weighted by atomic mass is 10.2. The molecule has 0 aliphatic heterocycles. The minimum atomic E-state index is -0.805. The molecule has 6 nitrogen and oxygen atoms in total. The van der Waals surface area contributed by atoms with Crippen LogP contribution in [0.25, 0.3) is 11.4 Å². The average molecular weight is 234 g/mol. The number of anilines is 1. The van der Waals surface area contributed by atoms with E-state index in [0.29, 0.717) is 17.3 Å². The van der Waals surface area contributed by atoms with E-state index in [2.05, 4.69) is 33.7 Å². The zero-order chi connectivity index (χ0) is 11.5. The molecule has 0 bridgehead atoms. The summed E-state index contributed by atoms with van der Waals surface area (Å²) in [4.78, 5) is 0. The van der Waals surface area contributed by atoms with Crippen molar-refractivity contribution in [2.45, 2.75) is 13.1 Å². The molecule has 7 heteroatoms. The molecule has 0 unspecified atom stereocenters. The molecule has 0 aliphatic carbocycles. The molecule has 3 N–H and O–H groups in total. The number of nitrogens with two attached hydrogens (primary N) is 1. The second-order valence-electron chi connectivity index (χ2n) is 3.50. The fourth-order valence-electron chi connectivity index (χ4n) is 1.28. The molecular weight excluding hydrogens is 222 g/mol. The van der Waals surface area contributed by atoms with Gasteiger partial charge in [-0.15, -0.1) is 10.2 Å². The van der Waals surface area contributed by atoms with Gasteiger partial charge in [-0.25, -0.2) is 0 Å². The Morgan fingerprint density at radius 3 is 2.75 bits per heavy atom. The number of nitrogens with one attached hydrogen (secondary N) is 1. The first-order valence-electron chi connectivity index (χ1n) is 4.78. The maximum absolute atomic E-state index is 5.88. The van der Waals surface area contributed by atoms with Crippen molar-refractivity contribution in [3.05, 3.63) is 18.2 Å². The lowest BCUT2D eigenvalue weighted by molar-refractivity contribution is 0.583. The van der Waals surface area contributed by atoms with Gasteiger partial charge in [-0.05, 0) is 36.5 Å². The Bertz CT molecular complexity index is 471. The number of aromatic nitrogens is 4. The van der Waals surface area contributed by atoms with Gasteiger partial charge in [0.15, 0.2) is 0 Å². The van der Waals surface area contributed by atoms with E-state index in [1.54, 1.807) is 6.07 Å². The zero-order valence-corrected chi connectivity index (χ0v) is 10.1. The molecule has 1 aromatic heterocycles. The first kappa shape index (κ1) is 10.6. The Labute approximate surface area is 94.5 Å². The molecule has 16 heavy (non-hydrogen) atoms. The Morgan fingerprint density at radius 2 is 2.19 bits per heavy atom. The lowest BCUT2D eigenvalue weighted by Gasteiger charge is -2.11. The number of rotatable bonds is 3. The molecule has 0 saturated heterocycles. The molecule has 0 spiro atoms. The molecule has 2 aromatic rings. The molecule has 1 heterocycles. The molecule has 1 aromatic carbocycles. The van der Waals surface area contributed by atoms with Crippen molar-refractivity contribution in [1.82, 2.24) is 20.6 Å². The van der Waals surface area contributed by atoms with Crippen molar-refractivity contribution < 1.29 is 4.43 Å². The van der Waals surface area contributed by atoms with E-state index in [9.17, 15) is 0 Å². The SMILES string of the molecule is C[Si](C)Oc1ccc(-c2nn[nH]n2)cc1N. The summed E-state index contributed by atoms with van der Waals surface area (Å²) in [5, 5.41) is 13.7. The summed E-state index contributed by atoms with van der Waals surface area (Å²) in [5.74, 6) is 1.24. The number of nitrogen functional groups attached to an aromatic ring is 1. The van der Waals surface area contributed by atoms with Crippen LogP contribution in [0.4, 0.5) is 5.69 Å². The van der Waals surface area contributed by atoms with Gasteiger partial charge in [0.2, 0.25) is 5.82 Å². The highest BCUT2D eigenvalue weighted by Crippen LogP contribution is 2.26. The maximum atomic E-state index is 5.88. The van der Waals surface area contributed by atoms with E-state index in [1.807, 2.05) is 12.1 Å². The van der Waals surface area contributed by atoms with Gasteiger partial charge < -0.3 is 10.2 Å². The second kappa shape index (κ2) is 4.31. The third kappa shape index (κ3) is 2.19. The fourth-order valence-corrected chi connectivity index (χ4v) is 1.91. The topological polar surface area (TPSA) is 89.7 Å². The van der Waals surface area contributed by atoms with Crippen molar-refractivity contribution in [2.24, 2.45) is 0 Å². The number of H-pyrrole nitrogens is 1. The molecular formula is C9H12N5OSi. The van der Waals surface area contributed by atoms with Gasteiger partial charge in [0.1, 0.15) is 5.75 Å². The number of nitrogens with zero attached hydrogens (tertiary/aromatic N) is 3.